The molecule has 0 unspecified atom stereocenters. The third-order valence-corrected chi connectivity index (χ3v) is 1.02. The van der Waals surface area contributed by atoms with Gasteiger partial charge in [-0.2, -0.15) is 0 Å². The van der Waals surface area contributed by atoms with E-state index < -0.39 is 0 Å². The Morgan fingerprint density at radius 1 is 1.86 bits per heavy atom. The monoisotopic (exact) mass is 97.1 g/mol. The summed E-state index contributed by atoms with van der Waals surface area (Å²) in [6.07, 6.45) is 4.46. The molecule has 0 bridgehead atoms. The Hall–Kier alpha value is -0.395. The minimum atomic E-state index is 0. The summed E-state index contributed by atoms with van der Waals surface area (Å²) in [5.74, 6) is 1.15. The largest absolute Gasteiger partial charge is 0.501 e. The van der Waals surface area contributed by atoms with Gasteiger partial charge in [0.25, 0.3) is 0 Å². The van der Waals surface area contributed by atoms with Crippen LogP contribution in [0.25, 0.3) is 0 Å². The van der Waals surface area contributed by atoms with Crippen molar-refractivity contribution in [3.63, 3.8) is 0 Å². The molecule has 0 aromatic heterocycles. The average molecular weight is 96.9 g/mol. The van der Waals surface area contributed by atoms with Crippen LogP contribution >= 0.6 is 0 Å². The van der Waals surface area contributed by atoms with E-state index in [1.54, 1.807) is 7.11 Å². The molecule has 0 saturated carbocycles. The first-order valence-electron chi connectivity index (χ1n) is 2.16. The van der Waals surface area contributed by atoms with Gasteiger partial charge in [-0.1, -0.05) is 0 Å². The number of hydrogen-bond donors (Lipinski definition) is 0. The Bertz CT molecular complexity index is 82.5. The van der Waals surface area contributed by atoms with E-state index in [9.17, 15) is 0 Å². The molecule has 0 fully saturated rings. The highest BCUT2D eigenvalue weighted by Crippen LogP contribution is 2.16. The van der Waals surface area contributed by atoms with Gasteiger partial charge >= 0.3 is 0 Å². The zero-order chi connectivity index (χ0) is 4.41. The second kappa shape index (κ2) is 2.72. The molecule has 0 saturated heterocycles. The molecule has 0 aliphatic heterocycles. The van der Waals surface area contributed by atoms with Gasteiger partial charge < -0.3 is 4.74 Å². The highest BCUT2D eigenvalue weighted by molar-refractivity contribution is 5.75. The van der Waals surface area contributed by atoms with Crippen LogP contribution in [0.5, 0.6) is 0 Å². The highest BCUT2D eigenvalue weighted by Gasteiger charge is 2.01. The quantitative estimate of drug-likeness (QED) is 0.446. The Morgan fingerprint density at radius 2 is 2.43 bits per heavy atom. The lowest BCUT2D eigenvalue weighted by Crippen LogP contribution is -1.94. The van der Waals surface area contributed by atoms with Crippen molar-refractivity contribution in [2.75, 3.05) is 7.11 Å². The lowest BCUT2D eigenvalue weighted by molar-refractivity contribution is 0.260. The van der Waals surface area contributed by atoms with E-state index in [1.165, 1.54) is 6.42 Å². The Kier molecular flexibility index (Phi) is 2.57. The third-order valence-electron chi connectivity index (χ3n) is 1.02. The van der Waals surface area contributed by atoms with Crippen LogP contribution in [0.4, 0.5) is 0 Å². The smallest absolute Gasteiger partial charge is 0.0918 e. The Morgan fingerprint density at radius 3 is 2.43 bits per heavy atom. The molecule has 1 aliphatic carbocycles. The van der Waals surface area contributed by atoms with Crippen LogP contribution in [0.2, 0.25) is 0 Å². The van der Waals surface area contributed by atoms with Gasteiger partial charge in [0.2, 0.25) is 0 Å². The zero-order valence-corrected chi connectivity index (χ0v) is 4.48. The summed E-state index contributed by atoms with van der Waals surface area (Å²) in [6.45, 7) is 0. The fourth-order valence-corrected chi connectivity index (χ4v) is 0.448. The summed E-state index contributed by atoms with van der Waals surface area (Å²) in [6, 6.07) is 0. The van der Waals surface area contributed by atoms with Gasteiger partial charge in [0, 0.05) is 16.3 Å². The number of allylic oxidation sites excluding steroid dienone is 2. The summed E-state index contributed by atoms with van der Waals surface area (Å²) in [4.78, 5) is 0. The van der Waals surface area contributed by atoms with Crippen LogP contribution in [-0.4, -0.2) is 15.5 Å². The van der Waals surface area contributed by atoms with Crippen molar-refractivity contribution >= 4 is 8.41 Å². The van der Waals surface area contributed by atoms with Crippen molar-refractivity contribution in [1.82, 2.24) is 0 Å². The normalized spacial score (nSPS) is 15.9. The number of ether oxygens (including phenoxy) is 1. The van der Waals surface area contributed by atoms with Gasteiger partial charge in [-0.3, -0.25) is 0 Å². The van der Waals surface area contributed by atoms with Gasteiger partial charge in [-0.25, -0.2) is 0 Å². The number of methoxy groups -OCH3 is 1. The van der Waals surface area contributed by atoms with Crippen molar-refractivity contribution in [1.29, 1.82) is 0 Å². The summed E-state index contributed by atoms with van der Waals surface area (Å²) < 4.78 is 4.85. The standard InChI is InChI=1S/C5H8O.B.H2/c1-6-5-3-2-4-5;;/h3H,2,4H2,1H3;;1H. The van der Waals surface area contributed by atoms with Crippen LogP contribution < -0.4 is 0 Å². The molecule has 0 N–H and O–H groups in total. The molecule has 3 radical (unpaired) electrons. The molecule has 2 heteroatoms. The number of hydrogen-bond acceptors (Lipinski definition) is 1. The van der Waals surface area contributed by atoms with Gasteiger partial charge in [-0.15, -0.1) is 0 Å². The average Bonchev–Trinajstić information content (AvgIpc) is 1.31. The predicted octanol–water partition coefficient (Wildman–Crippen LogP) is 1.18. The SMILES string of the molecule is COC1=CCC1.[B].[HH]. The van der Waals surface area contributed by atoms with E-state index in [0.717, 1.165) is 12.2 Å². The van der Waals surface area contributed by atoms with Crippen molar-refractivity contribution in [3.8, 4) is 0 Å². The second-order valence-corrected chi connectivity index (χ2v) is 1.41. The Labute approximate surface area is 47.4 Å². The van der Waals surface area contributed by atoms with E-state index in [4.69, 9.17) is 4.74 Å². The highest BCUT2D eigenvalue weighted by atomic mass is 16.5. The molecule has 0 aromatic carbocycles. The minimum absolute atomic E-state index is 0. The van der Waals surface area contributed by atoms with E-state index in [-0.39, 0.29) is 9.84 Å². The lowest BCUT2D eigenvalue weighted by atomic mass is 10.1. The van der Waals surface area contributed by atoms with E-state index in [1.807, 2.05) is 0 Å². The van der Waals surface area contributed by atoms with E-state index >= 15 is 0 Å². The molecule has 1 nitrogen and oxygen atoms in total. The van der Waals surface area contributed by atoms with Crippen LogP contribution in [-0.2, 0) is 4.74 Å². The van der Waals surface area contributed by atoms with Crippen molar-refractivity contribution < 1.29 is 6.16 Å². The van der Waals surface area contributed by atoms with E-state index in [2.05, 4.69) is 6.08 Å². The third kappa shape index (κ3) is 1.26. The van der Waals surface area contributed by atoms with Crippen molar-refractivity contribution in [2.45, 2.75) is 12.8 Å². The fraction of sp³-hybridized carbons (Fsp3) is 0.600. The van der Waals surface area contributed by atoms with Gasteiger partial charge in [0.15, 0.2) is 0 Å². The first kappa shape index (κ1) is 6.60. The maximum absolute atomic E-state index is 4.85. The molecule has 1 rings (SSSR count). The molecular weight excluding hydrogens is 86.9 g/mol. The van der Waals surface area contributed by atoms with E-state index in [0.29, 0.717) is 0 Å². The Balaban J connectivity index is 0. The van der Waals surface area contributed by atoms with Crippen LogP contribution in [0.1, 0.15) is 14.3 Å². The maximum Gasteiger partial charge on any atom is 0.0918 e. The predicted molar refractivity (Wildman–Crippen MR) is 32.2 cm³/mol. The minimum Gasteiger partial charge on any atom is -0.501 e. The summed E-state index contributed by atoms with van der Waals surface area (Å²) >= 11 is 0. The molecule has 0 aromatic rings. The van der Waals surface area contributed by atoms with Crippen molar-refractivity contribution in [3.05, 3.63) is 11.8 Å². The van der Waals surface area contributed by atoms with Gasteiger partial charge in [0.05, 0.1) is 12.9 Å². The molecule has 7 heavy (non-hydrogen) atoms. The second-order valence-electron chi connectivity index (χ2n) is 1.41. The lowest BCUT2D eigenvalue weighted by Gasteiger charge is -2.10. The number of rotatable bonds is 1. The fourth-order valence-electron chi connectivity index (χ4n) is 0.448. The summed E-state index contributed by atoms with van der Waals surface area (Å²) in [5, 5.41) is 0. The molecule has 39 valence electrons. The molecule has 1 aliphatic rings. The molecule has 0 heterocycles. The van der Waals surface area contributed by atoms with Gasteiger partial charge in [0.1, 0.15) is 0 Å². The van der Waals surface area contributed by atoms with Crippen molar-refractivity contribution in [2.24, 2.45) is 0 Å². The van der Waals surface area contributed by atoms with Crippen LogP contribution in [0.3, 0.4) is 0 Å². The van der Waals surface area contributed by atoms with Crippen LogP contribution in [0.15, 0.2) is 11.8 Å². The molecular formula is C5H10BO. The summed E-state index contributed by atoms with van der Waals surface area (Å²) in [7, 11) is 1.71. The molecule has 0 spiro atoms. The summed E-state index contributed by atoms with van der Waals surface area (Å²) in [5.41, 5.74) is 0. The first-order valence-corrected chi connectivity index (χ1v) is 2.16. The zero-order valence-electron chi connectivity index (χ0n) is 4.48. The topological polar surface area (TPSA) is 9.23 Å². The van der Waals surface area contributed by atoms with Gasteiger partial charge in [-0.05, 0) is 12.5 Å². The maximum atomic E-state index is 4.85. The molecule has 0 amide bonds. The first-order chi connectivity index (χ1) is 2.93. The molecule has 0 atom stereocenters. The van der Waals surface area contributed by atoms with Crippen LogP contribution in [0, 0.1) is 0 Å².